The smallest absolute Gasteiger partial charge is 0.287 e. The van der Waals surface area contributed by atoms with E-state index < -0.39 is 0 Å². The second kappa shape index (κ2) is 8.51. The van der Waals surface area contributed by atoms with Gasteiger partial charge in [0.2, 0.25) is 5.75 Å². The van der Waals surface area contributed by atoms with Crippen LogP contribution in [0.15, 0.2) is 33.8 Å². The van der Waals surface area contributed by atoms with Crippen molar-refractivity contribution in [2.75, 3.05) is 21.3 Å². The van der Waals surface area contributed by atoms with Gasteiger partial charge in [0.1, 0.15) is 5.76 Å². The van der Waals surface area contributed by atoms with Gasteiger partial charge in [-0.15, -0.1) is 0 Å². The SMILES string of the molecule is COc1cc(CNC(=O)c2ccc(CN=[N+]=[N-])o2)cc(OC)c1OC. The Bertz CT molecular complexity index is 771. The fourth-order valence-corrected chi connectivity index (χ4v) is 2.19. The first-order valence-corrected chi connectivity index (χ1v) is 7.29. The van der Waals surface area contributed by atoms with Crippen LogP contribution >= 0.6 is 0 Å². The van der Waals surface area contributed by atoms with E-state index in [9.17, 15) is 4.79 Å². The molecule has 25 heavy (non-hydrogen) atoms. The Kier molecular flexibility index (Phi) is 6.14. The van der Waals surface area contributed by atoms with Gasteiger partial charge in [-0.05, 0) is 35.4 Å². The van der Waals surface area contributed by atoms with Crippen LogP contribution in [0.1, 0.15) is 21.9 Å². The number of nitrogens with one attached hydrogen (secondary N) is 1. The minimum Gasteiger partial charge on any atom is -0.493 e. The molecule has 0 aliphatic rings. The highest BCUT2D eigenvalue weighted by Gasteiger charge is 2.15. The Morgan fingerprint density at radius 1 is 1.20 bits per heavy atom. The summed E-state index contributed by atoms with van der Waals surface area (Å²) in [6.45, 7) is 0.290. The molecule has 132 valence electrons. The Balaban J connectivity index is 2.08. The highest BCUT2D eigenvalue weighted by atomic mass is 16.5. The van der Waals surface area contributed by atoms with Gasteiger partial charge in [0, 0.05) is 11.5 Å². The van der Waals surface area contributed by atoms with Crippen molar-refractivity contribution < 1.29 is 23.4 Å². The van der Waals surface area contributed by atoms with Gasteiger partial charge < -0.3 is 23.9 Å². The number of nitrogens with zero attached hydrogens (tertiary/aromatic N) is 3. The maximum atomic E-state index is 12.1. The molecule has 0 spiro atoms. The van der Waals surface area contributed by atoms with E-state index in [0.29, 0.717) is 23.0 Å². The number of rotatable bonds is 8. The third kappa shape index (κ3) is 4.36. The number of ether oxygens (including phenoxy) is 3. The van der Waals surface area contributed by atoms with Crippen LogP contribution < -0.4 is 19.5 Å². The second-order valence-corrected chi connectivity index (χ2v) is 4.87. The molecule has 0 radical (unpaired) electrons. The van der Waals surface area contributed by atoms with E-state index in [1.807, 2.05) is 0 Å². The molecular formula is C16H18N4O5. The molecule has 9 nitrogen and oxygen atoms in total. The lowest BCUT2D eigenvalue weighted by molar-refractivity contribution is 0.0921. The highest BCUT2D eigenvalue weighted by molar-refractivity contribution is 5.91. The summed E-state index contributed by atoms with van der Waals surface area (Å²) in [6, 6.07) is 6.60. The van der Waals surface area contributed by atoms with E-state index in [0.717, 1.165) is 5.56 Å². The molecule has 1 amide bonds. The minimum atomic E-state index is -0.388. The van der Waals surface area contributed by atoms with Crippen molar-refractivity contribution in [1.82, 2.24) is 5.32 Å². The molecule has 0 saturated heterocycles. The first-order valence-electron chi connectivity index (χ1n) is 7.29. The van der Waals surface area contributed by atoms with E-state index >= 15 is 0 Å². The van der Waals surface area contributed by atoms with Crippen LogP contribution in [0.5, 0.6) is 17.2 Å². The van der Waals surface area contributed by atoms with Gasteiger partial charge in [0.05, 0.1) is 27.9 Å². The van der Waals surface area contributed by atoms with E-state index in [1.165, 1.54) is 27.4 Å². The number of carbonyl (C=O) groups excluding carboxylic acids is 1. The number of hydrogen-bond acceptors (Lipinski definition) is 6. The molecule has 1 aromatic heterocycles. The first kappa shape index (κ1) is 18.0. The molecular weight excluding hydrogens is 328 g/mol. The summed E-state index contributed by atoms with van der Waals surface area (Å²) in [6.07, 6.45) is 0. The van der Waals surface area contributed by atoms with Crippen molar-refractivity contribution in [3.63, 3.8) is 0 Å². The van der Waals surface area contributed by atoms with Crippen LogP contribution in [0.2, 0.25) is 0 Å². The summed E-state index contributed by atoms with van der Waals surface area (Å²) in [4.78, 5) is 14.8. The average Bonchev–Trinajstić information content (AvgIpc) is 3.12. The highest BCUT2D eigenvalue weighted by Crippen LogP contribution is 2.38. The van der Waals surface area contributed by atoms with Crippen LogP contribution in [-0.2, 0) is 13.1 Å². The van der Waals surface area contributed by atoms with Crippen molar-refractivity contribution in [1.29, 1.82) is 0 Å². The molecule has 0 aliphatic heterocycles. The summed E-state index contributed by atoms with van der Waals surface area (Å²) in [5.41, 5.74) is 9.05. The van der Waals surface area contributed by atoms with E-state index in [1.54, 1.807) is 18.2 Å². The predicted octanol–water partition coefficient (Wildman–Crippen LogP) is 3.05. The van der Waals surface area contributed by atoms with Crippen molar-refractivity contribution in [3.8, 4) is 17.2 Å². The third-order valence-corrected chi connectivity index (χ3v) is 3.35. The van der Waals surface area contributed by atoms with Gasteiger partial charge in [0.15, 0.2) is 17.3 Å². The zero-order valence-electron chi connectivity index (χ0n) is 14.1. The topological polar surface area (TPSA) is 119 Å². The average molecular weight is 346 g/mol. The first-order chi connectivity index (χ1) is 12.1. The fourth-order valence-electron chi connectivity index (χ4n) is 2.19. The summed E-state index contributed by atoms with van der Waals surface area (Å²) in [5.74, 6) is 1.64. The van der Waals surface area contributed by atoms with Gasteiger partial charge >= 0.3 is 0 Å². The lowest BCUT2D eigenvalue weighted by Crippen LogP contribution is -2.22. The van der Waals surface area contributed by atoms with Crippen molar-refractivity contribution >= 4 is 5.91 Å². The zero-order chi connectivity index (χ0) is 18.2. The third-order valence-electron chi connectivity index (χ3n) is 3.35. The van der Waals surface area contributed by atoms with Gasteiger partial charge in [-0.3, -0.25) is 4.79 Å². The van der Waals surface area contributed by atoms with Gasteiger partial charge in [-0.1, -0.05) is 5.11 Å². The number of furan rings is 1. The lowest BCUT2D eigenvalue weighted by Gasteiger charge is -2.14. The maximum absolute atomic E-state index is 12.1. The normalized spacial score (nSPS) is 9.88. The molecule has 2 aromatic rings. The Hall–Kier alpha value is -3.32. The molecule has 1 N–H and O–H groups in total. The van der Waals surface area contributed by atoms with Crippen molar-refractivity contribution in [2.24, 2.45) is 5.11 Å². The summed E-state index contributed by atoms with van der Waals surface area (Å²) >= 11 is 0. The number of benzene rings is 1. The monoisotopic (exact) mass is 346 g/mol. The van der Waals surface area contributed by atoms with Gasteiger partial charge in [0.25, 0.3) is 5.91 Å². The van der Waals surface area contributed by atoms with Crippen molar-refractivity contribution in [2.45, 2.75) is 13.1 Å². The molecule has 1 heterocycles. The number of hydrogen-bond donors (Lipinski definition) is 1. The molecule has 9 heteroatoms. The predicted molar refractivity (Wildman–Crippen MR) is 88.8 cm³/mol. The Morgan fingerprint density at radius 2 is 1.88 bits per heavy atom. The van der Waals surface area contributed by atoms with Crippen LogP contribution in [-0.4, -0.2) is 27.2 Å². The fraction of sp³-hybridized carbons (Fsp3) is 0.312. The van der Waals surface area contributed by atoms with Crippen molar-refractivity contribution in [3.05, 3.63) is 51.8 Å². The Labute approximate surface area is 144 Å². The second-order valence-electron chi connectivity index (χ2n) is 4.87. The van der Waals surface area contributed by atoms with E-state index in [-0.39, 0.29) is 24.8 Å². The van der Waals surface area contributed by atoms with Crippen LogP contribution in [0.3, 0.4) is 0 Å². The molecule has 0 bridgehead atoms. The standard InChI is InChI=1S/C16H18N4O5/c1-22-13-6-10(7-14(23-2)15(13)24-3)8-18-16(21)12-5-4-11(25-12)9-19-20-17/h4-7H,8-9H2,1-3H3,(H,18,21). The Morgan fingerprint density at radius 3 is 2.44 bits per heavy atom. The number of carbonyl (C=O) groups is 1. The number of methoxy groups -OCH3 is 3. The van der Waals surface area contributed by atoms with E-state index in [2.05, 4.69) is 15.3 Å². The molecule has 1 aromatic carbocycles. The summed E-state index contributed by atoms with van der Waals surface area (Å²) in [5, 5.41) is 6.11. The maximum Gasteiger partial charge on any atom is 0.287 e. The zero-order valence-corrected chi connectivity index (χ0v) is 14.1. The summed E-state index contributed by atoms with van der Waals surface area (Å²) < 4.78 is 21.1. The lowest BCUT2D eigenvalue weighted by atomic mass is 10.1. The van der Waals surface area contributed by atoms with Gasteiger partial charge in [-0.25, -0.2) is 0 Å². The quantitative estimate of drug-likeness (QED) is 0.447. The molecule has 2 rings (SSSR count). The molecule has 0 fully saturated rings. The largest absolute Gasteiger partial charge is 0.493 e. The van der Waals surface area contributed by atoms with Gasteiger partial charge in [-0.2, -0.15) is 0 Å². The van der Waals surface area contributed by atoms with E-state index in [4.69, 9.17) is 24.2 Å². The molecule has 0 unspecified atom stereocenters. The number of amides is 1. The molecule has 0 aliphatic carbocycles. The summed E-state index contributed by atoms with van der Waals surface area (Å²) in [7, 11) is 4.56. The van der Waals surface area contributed by atoms with Crippen LogP contribution in [0, 0.1) is 0 Å². The molecule has 0 atom stereocenters. The van der Waals surface area contributed by atoms with Crippen LogP contribution in [0.25, 0.3) is 10.4 Å². The van der Waals surface area contributed by atoms with Crippen LogP contribution in [0.4, 0.5) is 0 Å². The number of azide groups is 1. The minimum absolute atomic E-state index is 0.0522. The molecule has 0 saturated carbocycles.